The van der Waals surface area contributed by atoms with Gasteiger partial charge < -0.3 is 30.3 Å². The second kappa shape index (κ2) is 7.01. The van der Waals surface area contributed by atoms with E-state index >= 15 is 0 Å². The van der Waals surface area contributed by atoms with Crippen LogP contribution < -0.4 is 5.32 Å². The third kappa shape index (κ3) is 3.46. The standard InChI is InChI=1S/C15H16N2O7/c1-24-15(23)11-7-17(2-3-18)13(20)12(11)16-9-4-8(14(21)22)5-10(19)6-9/h4-6,16,18-19H,2-3,7H2,1H3,(H,21,22). The highest BCUT2D eigenvalue weighted by atomic mass is 16.5. The molecule has 0 aromatic heterocycles. The number of aromatic hydroxyl groups is 1. The SMILES string of the molecule is COC(=O)C1=C(Nc2cc(O)cc(C(=O)O)c2)C(=O)N(CCO)C1. The average molecular weight is 336 g/mol. The second-order valence-corrected chi connectivity index (χ2v) is 4.99. The number of methoxy groups -OCH3 is 1. The van der Waals surface area contributed by atoms with Crippen LogP contribution in [0, 0.1) is 0 Å². The van der Waals surface area contributed by atoms with Crippen molar-refractivity contribution in [2.24, 2.45) is 0 Å². The minimum absolute atomic E-state index is 0.0327. The lowest BCUT2D eigenvalue weighted by Gasteiger charge is -2.15. The summed E-state index contributed by atoms with van der Waals surface area (Å²) in [5.74, 6) is -2.82. The van der Waals surface area contributed by atoms with Crippen molar-refractivity contribution < 1.29 is 34.4 Å². The van der Waals surface area contributed by atoms with E-state index in [0.29, 0.717) is 0 Å². The lowest BCUT2D eigenvalue weighted by Crippen LogP contribution is -2.31. The van der Waals surface area contributed by atoms with Crippen molar-refractivity contribution in [1.82, 2.24) is 4.90 Å². The molecule has 1 aliphatic rings. The summed E-state index contributed by atoms with van der Waals surface area (Å²) in [6.07, 6.45) is 0. The van der Waals surface area contributed by atoms with E-state index in [1.165, 1.54) is 24.1 Å². The molecule has 2 rings (SSSR count). The molecule has 0 unspecified atom stereocenters. The molecule has 0 atom stereocenters. The molecule has 0 saturated carbocycles. The fourth-order valence-corrected chi connectivity index (χ4v) is 2.30. The predicted octanol–water partition coefficient (Wildman–Crippen LogP) is -0.236. The minimum atomic E-state index is -1.25. The number of aliphatic hydroxyl groups is 1. The van der Waals surface area contributed by atoms with Gasteiger partial charge in [0, 0.05) is 18.3 Å². The third-order valence-electron chi connectivity index (χ3n) is 3.39. The summed E-state index contributed by atoms with van der Waals surface area (Å²) < 4.78 is 4.64. The van der Waals surface area contributed by atoms with Gasteiger partial charge in [0.05, 0.1) is 31.4 Å². The van der Waals surface area contributed by atoms with E-state index in [2.05, 4.69) is 10.1 Å². The van der Waals surface area contributed by atoms with Crippen molar-refractivity contribution in [3.8, 4) is 5.75 Å². The Labute approximate surface area is 136 Å². The molecule has 24 heavy (non-hydrogen) atoms. The molecule has 0 saturated heterocycles. The number of ether oxygens (including phenoxy) is 1. The number of benzene rings is 1. The van der Waals surface area contributed by atoms with E-state index < -0.39 is 17.8 Å². The van der Waals surface area contributed by atoms with Gasteiger partial charge in [0.2, 0.25) is 0 Å². The molecule has 1 aromatic carbocycles. The van der Waals surface area contributed by atoms with Gasteiger partial charge in [0.15, 0.2) is 0 Å². The number of esters is 1. The molecule has 0 radical (unpaired) electrons. The average Bonchev–Trinajstić information content (AvgIpc) is 2.83. The van der Waals surface area contributed by atoms with Gasteiger partial charge in [-0.3, -0.25) is 4.79 Å². The molecule has 9 nitrogen and oxygen atoms in total. The van der Waals surface area contributed by atoms with Crippen LogP contribution in [0.2, 0.25) is 0 Å². The van der Waals surface area contributed by atoms with Crippen molar-refractivity contribution in [3.05, 3.63) is 35.0 Å². The first-order chi connectivity index (χ1) is 11.4. The zero-order valence-corrected chi connectivity index (χ0v) is 12.8. The maximum absolute atomic E-state index is 12.3. The molecule has 0 bridgehead atoms. The van der Waals surface area contributed by atoms with E-state index in [1.807, 2.05) is 0 Å². The van der Waals surface area contributed by atoms with Gasteiger partial charge >= 0.3 is 11.9 Å². The number of carbonyl (C=O) groups is 3. The molecule has 0 spiro atoms. The number of amides is 1. The Morgan fingerprint density at radius 2 is 2.04 bits per heavy atom. The molecule has 9 heteroatoms. The molecule has 1 amide bonds. The normalized spacial score (nSPS) is 14.1. The fraction of sp³-hybridized carbons (Fsp3) is 0.267. The van der Waals surface area contributed by atoms with E-state index in [0.717, 1.165) is 6.07 Å². The lowest BCUT2D eigenvalue weighted by molar-refractivity contribution is -0.136. The highest BCUT2D eigenvalue weighted by Gasteiger charge is 2.34. The van der Waals surface area contributed by atoms with Crippen molar-refractivity contribution in [2.45, 2.75) is 0 Å². The zero-order chi connectivity index (χ0) is 17.9. The van der Waals surface area contributed by atoms with Gasteiger partial charge in [0.25, 0.3) is 5.91 Å². The number of phenols is 1. The molecule has 4 N–H and O–H groups in total. The molecule has 0 fully saturated rings. The van der Waals surface area contributed by atoms with E-state index in [1.54, 1.807) is 0 Å². The number of aromatic carboxylic acids is 1. The number of nitrogens with zero attached hydrogens (tertiary/aromatic N) is 1. The molecule has 128 valence electrons. The molecule has 1 aromatic rings. The van der Waals surface area contributed by atoms with Crippen LogP contribution in [0.3, 0.4) is 0 Å². The van der Waals surface area contributed by atoms with Gasteiger partial charge in [-0.05, 0) is 12.1 Å². The summed E-state index contributed by atoms with van der Waals surface area (Å²) in [5.41, 5.74) is -0.0909. The monoisotopic (exact) mass is 336 g/mol. The maximum atomic E-state index is 12.3. The summed E-state index contributed by atoms with van der Waals surface area (Å²) in [5, 5.41) is 30.3. The zero-order valence-electron chi connectivity index (χ0n) is 12.8. The number of carboxylic acid groups (broad SMARTS) is 1. The number of carboxylic acids is 1. The van der Waals surface area contributed by atoms with E-state index in [4.69, 9.17) is 10.2 Å². The summed E-state index contributed by atoms with van der Waals surface area (Å²) in [6, 6.07) is 3.49. The first kappa shape index (κ1) is 17.3. The third-order valence-corrected chi connectivity index (χ3v) is 3.39. The van der Waals surface area contributed by atoms with Gasteiger partial charge in [-0.25, -0.2) is 9.59 Å². The Bertz CT molecular complexity index is 727. The predicted molar refractivity (Wildman–Crippen MR) is 81.4 cm³/mol. The minimum Gasteiger partial charge on any atom is -0.508 e. The lowest BCUT2D eigenvalue weighted by atomic mass is 10.1. The van der Waals surface area contributed by atoms with Gasteiger partial charge in [-0.2, -0.15) is 0 Å². The largest absolute Gasteiger partial charge is 0.508 e. The quantitative estimate of drug-likeness (QED) is 0.523. The van der Waals surface area contributed by atoms with Gasteiger partial charge in [0.1, 0.15) is 11.4 Å². The number of anilines is 1. The van der Waals surface area contributed by atoms with E-state index in [9.17, 15) is 19.5 Å². The van der Waals surface area contributed by atoms with Gasteiger partial charge in [-0.1, -0.05) is 0 Å². The van der Waals surface area contributed by atoms with Crippen molar-refractivity contribution >= 4 is 23.5 Å². The highest BCUT2D eigenvalue weighted by Crippen LogP contribution is 2.26. The first-order valence-electron chi connectivity index (χ1n) is 6.93. The Kier molecular flexibility index (Phi) is 5.05. The van der Waals surface area contributed by atoms with Gasteiger partial charge in [-0.15, -0.1) is 0 Å². The van der Waals surface area contributed by atoms with Crippen molar-refractivity contribution in [3.63, 3.8) is 0 Å². The summed E-state index contributed by atoms with van der Waals surface area (Å²) in [4.78, 5) is 36.5. The Balaban J connectivity index is 2.38. The number of aliphatic hydroxyl groups excluding tert-OH is 1. The summed E-state index contributed by atoms with van der Waals surface area (Å²) in [7, 11) is 1.17. The number of phenolic OH excluding ortho intramolecular Hbond substituents is 1. The van der Waals surface area contributed by atoms with E-state index in [-0.39, 0.29) is 48.0 Å². The van der Waals surface area contributed by atoms with Crippen molar-refractivity contribution in [2.75, 3.05) is 32.1 Å². The number of nitrogens with one attached hydrogen (secondary N) is 1. The molecular formula is C15H16N2O7. The summed E-state index contributed by atoms with van der Waals surface area (Å²) >= 11 is 0. The van der Waals surface area contributed by atoms with Crippen LogP contribution in [-0.4, -0.2) is 64.9 Å². The molecular weight excluding hydrogens is 320 g/mol. The second-order valence-electron chi connectivity index (χ2n) is 4.99. The van der Waals surface area contributed by atoms with Crippen LogP contribution in [0.15, 0.2) is 29.5 Å². The number of carbonyl (C=O) groups excluding carboxylic acids is 2. The number of β-amino-alcohol motifs (C(OH)–C–C–N with tert-alkyl or cyclic N) is 1. The Hall–Kier alpha value is -3.07. The first-order valence-corrected chi connectivity index (χ1v) is 6.93. The molecule has 1 aliphatic heterocycles. The Morgan fingerprint density at radius 3 is 2.62 bits per heavy atom. The van der Waals surface area contributed by atoms with Crippen LogP contribution >= 0.6 is 0 Å². The topological polar surface area (TPSA) is 136 Å². The maximum Gasteiger partial charge on any atom is 0.337 e. The number of hydrogen-bond acceptors (Lipinski definition) is 7. The molecule has 1 heterocycles. The number of rotatable bonds is 6. The van der Waals surface area contributed by atoms with Crippen LogP contribution in [0.5, 0.6) is 5.75 Å². The summed E-state index contributed by atoms with van der Waals surface area (Å²) in [6.45, 7) is -0.285. The van der Waals surface area contributed by atoms with Crippen LogP contribution in [0.25, 0.3) is 0 Å². The molecule has 0 aliphatic carbocycles. The van der Waals surface area contributed by atoms with Crippen LogP contribution in [0.4, 0.5) is 5.69 Å². The highest BCUT2D eigenvalue weighted by molar-refractivity contribution is 6.08. The van der Waals surface area contributed by atoms with Crippen molar-refractivity contribution in [1.29, 1.82) is 0 Å². The number of hydrogen-bond donors (Lipinski definition) is 4. The smallest absolute Gasteiger partial charge is 0.337 e. The Morgan fingerprint density at radius 1 is 1.33 bits per heavy atom. The van der Waals surface area contributed by atoms with Crippen LogP contribution in [0.1, 0.15) is 10.4 Å². The van der Waals surface area contributed by atoms with Crippen LogP contribution in [-0.2, 0) is 14.3 Å². The fourth-order valence-electron chi connectivity index (χ4n) is 2.30.